The van der Waals surface area contributed by atoms with Gasteiger partial charge in [0.15, 0.2) is 5.78 Å². The standard InChI is InChI=1S/C105H147N9O22S/c1-73(2)96(90(118)67-74(3)98(121)108-82-37-33-77-35-40-93-103(5,87(77)70-82)45-20-47-105(93,7)101(124)110-100(123)104(6)46-19-44-102(4)86-69-81(106)36-32-76(86)34-39-92(102)104)109-99(122)79(68-85(117)43-52-130-56-60-134-63-62-132-58-54-128-50-17-25-83(115)38-41-95(120)113-71-80-24-12-11-21-75(80)30-31-78-22-13-14-27-88(78)113)23-15-16-48-107-94(119)72-136-91-29-10-8-9-28-89-97(91)111-112-114(89)49-53-131-57-61-135-65-64-133-59-55-129-51-42-84(116)26-18-66-137(125,126)127/h11-14,21-22,24,27,32-33,36-37,69-70,73-74,79,91-93,96H,8-10,15-20,23,25-26,28-29,34-35,38-68,71-72,106H2,1-7H3,(H,107,119)(H,108,121)(H,109,122)(H,110,123,124)(H,125,126,127)/t74-,79+,91?,92-,93-,96+,102-,103-,104+,105+/m1/s1. The largest absolute Gasteiger partial charge is 0.399 e. The second-order valence-electron chi connectivity index (χ2n) is 39.1. The first-order valence-corrected chi connectivity index (χ1v) is 51.4. The SMILES string of the molecule is CC(C)[C@H](NC(=O)[C@@H](CCCCNC(=O)COC1CCCCCc2c1nnn2CCOCCOCCOCCOCCC(=O)CCCS(=O)(=O)O)CC(=O)CCOCCOCCOCCOCCCC(=O)CCC(=O)N1Cc2ccccc2C#Cc2ccccc21)C(=O)C[C@@H](C)C(=O)Nc1ccc2c(c1)[C@@]1(C)CCC[C@](C)(C(=O)NC(=O)[C@@]3(C)CCC[C@]4(C)c5cc(N)ccc5CC[C@@H]34)[C@@H]1CC2. The number of unbranched alkanes of at least 4 members (excludes halogenated alkanes) is 1. The van der Waals surface area contributed by atoms with Crippen LogP contribution >= 0.6 is 0 Å². The van der Waals surface area contributed by atoms with Crippen LogP contribution in [0.25, 0.3) is 0 Å². The van der Waals surface area contributed by atoms with Crippen molar-refractivity contribution < 1.29 is 104 Å². The fraction of sp³-hybridized carbons (Fsp3) is 0.638. The molecule has 4 aromatic carbocycles. The Labute approximate surface area is 808 Å². The Kier molecular flexibility index (Phi) is 42.0. The number of amides is 6. The van der Waals surface area contributed by atoms with Crippen molar-refractivity contribution in [2.24, 2.45) is 40.4 Å². The number of fused-ring (bicyclic) bond motifs is 9. The molecule has 32 heteroatoms. The average molecular weight is 1920 g/mol. The molecule has 0 bridgehead atoms. The van der Waals surface area contributed by atoms with Crippen LogP contribution in [-0.2, 0) is 144 Å². The first-order valence-electron chi connectivity index (χ1n) is 49.8. The number of aromatic nitrogens is 3. The first kappa shape index (κ1) is 108. The number of ketones is 4. The zero-order chi connectivity index (χ0) is 98.0. The lowest BCUT2D eigenvalue weighted by Gasteiger charge is -2.56. The van der Waals surface area contributed by atoms with E-state index in [0.29, 0.717) is 141 Å². The van der Waals surface area contributed by atoms with E-state index in [9.17, 15) is 51.6 Å². The van der Waals surface area contributed by atoms with Crippen molar-refractivity contribution in [3.8, 4) is 11.8 Å². The lowest BCUT2D eigenvalue weighted by atomic mass is 9.49. The first-order chi connectivity index (χ1) is 65.9. The number of hydrogen-bond acceptors (Lipinski definition) is 24. The summed E-state index contributed by atoms with van der Waals surface area (Å²) in [5.41, 5.74) is 15.0. The molecule has 137 heavy (non-hydrogen) atoms. The highest BCUT2D eigenvalue weighted by atomic mass is 32.2. The smallest absolute Gasteiger partial charge is 0.264 e. The number of carbonyl (C=O) groups excluding carboxylic acids is 10. The van der Waals surface area contributed by atoms with E-state index in [4.69, 9.17) is 52.9 Å². The maximum atomic E-state index is 15.0. The van der Waals surface area contributed by atoms with E-state index in [2.05, 4.69) is 76.3 Å². The fourth-order valence-corrected chi connectivity index (χ4v) is 21.6. The molecule has 2 fully saturated rings. The van der Waals surface area contributed by atoms with Crippen LogP contribution in [0.5, 0.6) is 0 Å². The third-order valence-corrected chi connectivity index (χ3v) is 29.6. The molecular weight excluding hydrogens is 1770 g/mol. The van der Waals surface area contributed by atoms with Crippen LogP contribution in [0.4, 0.5) is 17.1 Å². The molecule has 5 aliphatic carbocycles. The summed E-state index contributed by atoms with van der Waals surface area (Å²) >= 11 is 0. The van der Waals surface area contributed by atoms with Gasteiger partial charge in [-0.3, -0.25) is 57.8 Å². The van der Waals surface area contributed by atoms with E-state index in [0.717, 1.165) is 116 Å². The molecule has 10 atom stereocenters. The molecule has 0 radical (unpaired) electrons. The molecule has 6 amide bonds. The van der Waals surface area contributed by atoms with E-state index in [1.54, 1.807) is 11.8 Å². The summed E-state index contributed by atoms with van der Waals surface area (Å²) in [6.07, 6.45) is 13.8. The molecule has 31 nitrogen and oxygen atoms in total. The van der Waals surface area contributed by atoms with Crippen LogP contribution in [0.1, 0.15) is 265 Å². The molecule has 6 aliphatic rings. The number of nitrogens with two attached hydrogens (primary N) is 1. The van der Waals surface area contributed by atoms with Gasteiger partial charge in [0, 0.05) is 98.9 Å². The highest BCUT2D eigenvalue weighted by Gasteiger charge is 2.59. The summed E-state index contributed by atoms with van der Waals surface area (Å²) in [6.45, 7) is 19.4. The molecule has 1 aromatic heterocycles. The molecule has 2 saturated carbocycles. The molecule has 2 heterocycles. The maximum absolute atomic E-state index is 15.0. The number of nitrogens with zero attached hydrogens (tertiary/aromatic N) is 4. The van der Waals surface area contributed by atoms with Gasteiger partial charge in [-0.2, -0.15) is 8.42 Å². The third-order valence-electron chi connectivity index (χ3n) is 28.8. The predicted molar refractivity (Wildman–Crippen MR) is 518 cm³/mol. The summed E-state index contributed by atoms with van der Waals surface area (Å²) in [4.78, 5) is 141. The maximum Gasteiger partial charge on any atom is 0.264 e. The monoisotopic (exact) mass is 1920 g/mol. The molecule has 5 aromatic rings. The van der Waals surface area contributed by atoms with Crippen molar-refractivity contribution in [2.45, 2.75) is 264 Å². The van der Waals surface area contributed by atoms with Gasteiger partial charge in [0.25, 0.3) is 10.1 Å². The Balaban J connectivity index is 0.609. The number of anilines is 3. The molecule has 11 rings (SSSR count). The van der Waals surface area contributed by atoms with E-state index < -0.39 is 62.0 Å². The van der Waals surface area contributed by atoms with E-state index in [1.165, 1.54) is 11.1 Å². The van der Waals surface area contributed by atoms with Crippen LogP contribution in [-0.4, -0.2) is 217 Å². The Morgan fingerprint density at radius 1 is 0.547 bits per heavy atom. The van der Waals surface area contributed by atoms with Crippen molar-refractivity contribution in [3.05, 3.63) is 135 Å². The molecule has 0 spiro atoms. The van der Waals surface area contributed by atoms with E-state index in [-0.39, 0.29) is 186 Å². The van der Waals surface area contributed by atoms with Crippen LogP contribution < -0.4 is 31.9 Å². The quantitative estimate of drug-likeness (QED) is 0.00692. The summed E-state index contributed by atoms with van der Waals surface area (Å²) < 4.78 is 84.0. The lowest BCUT2D eigenvalue weighted by molar-refractivity contribution is -0.150. The molecule has 7 N–H and O–H groups in total. The fourth-order valence-electron chi connectivity index (χ4n) is 21.1. The topological polar surface area (TPSA) is 416 Å². The Bertz CT molecular complexity index is 5090. The van der Waals surface area contributed by atoms with Gasteiger partial charge in [-0.1, -0.05) is 140 Å². The van der Waals surface area contributed by atoms with Gasteiger partial charge in [-0.15, -0.1) is 5.10 Å². The second kappa shape index (κ2) is 53.3. The molecule has 0 saturated heterocycles. The lowest BCUT2D eigenvalue weighted by Crippen LogP contribution is -2.60. The number of ether oxygens (including phenoxy) is 9. The van der Waals surface area contributed by atoms with Gasteiger partial charge in [-0.05, 0) is 195 Å². The number of hydrogen-bond donors (Lipinski definition) is 6. The third kappa shape index (κ3) is 31.3. The van der Waals surface area contributed by atoms with Crippen molar-refractivity contribution in [2.75, 3.05) is 141 Å². The average Bonchev–Trinajstić information content (AvgIpc) is 1.14. The highest BCUT2D eigenvalue weighted by Crippen LogP contribution is 2.60. The Morgan fingerprint density at radius 2 is 1.11 bits per heavy atom. The van der Waals surface area contributed by atoms with Gasteiger partial charge in [0.2, 0.25) is 35.4 Å². The van der Waals surface area contributed by atoms with Crippen molar-refractivity contribution in [1.29, 1.82) is 0 Å². The van der Waals surface area contributed by atoms with E-state index in [1.807, 2.05) is 98.2 Å². The zero-order valence-electron chi connectivity index (χ0n) is 81.6. The predicted octanol–water partition coefficient (Wildman–Crippen LogP) is 12.9. The zero-order valence-corrected chi connectivity index (χ0v) is 82.4. The van der Waals surface area contributed by atoms with Crippen molar-refractivity contribution in [3.63, 3.8) is 0 Å². The number of imide groups is 1. The molecule has 1 aliphatic heterocycles. The van der Waals surface area contributed by atoms with E-state index >= 15 is 4.79 Å². The molecule has 750 valence electrons. The molecular formula is C105H147N9O22S. The van der Waals surface area contributed by atoms with Crippen LogP contribution in [0.3, 0.4) is 0 Å². The number of Topliss-reactive ketones (excluding diaryl/α,β-unsaturated/α-hetero) is 4. The van der Waals surface area contributed by atoms with Crippen LogP contribution in [0.2, 0.25) is 0 Å². The van der Waals surface area contributed by atoms with Gasteiger partial charge in [0.1, 0.15) is 35.8 Å². The van der Waals surface area contributed by atoms with Gasteiger partial charge >= 0.3 is 0 Å². The van der Waals surface area contributed by atoms with Gasteiger partial charge in [0.05, 0.1) is 146 Å². The molecule has 1 unspecified atom stereocenters. The number of nitrogens with one attached hydrogen (secondary N) is 4. The summed E-state index contributed by atoms with van der Waals surface area (Å²) in [5.74, 6) is 1.43. The minimum atomic E-state index is -4.09. The van der Waals surface area contributed by atoms with Crippen molar-refractivity contribution >= 4 is 85.8 Å². The minimum Gasteiger partial charge on any atom is -0.399 e. The Morgan fingerprint density at radius 3 is 1.74 bits per heavy atom. The normalized spacial score (nSPS) is 21.1. The number of nitrogen functional groups attached to an aromatic ring is 1. The van der Waals surface area contributed by atoms with Crippen molar-refractivity contribution in [1.82, 2.24) is 30.9 Å². The highest BCUT2D eigenvalue weighted by molar-refractivity contribution is 7.85. The Hall–Kier alpha value is -9.37. The van der Waals surface area contributed by atoms with Gasteiger partial charge in [-0.25, -0.2) is 4.68 Å². The number of rotatable bonds is 58. The summed E-state index contributed by atoms with van der Waals surface area (Å²) in [6, 6.07) is 26.5. The summed E-state index contributed by atoms with van der Waals surface area (Å²) in [7, 11) is -4.09. The number of benzene rings is 4. The summed E-state index contributed by atoms with van der Waals surface area (Å²) in [5, 5.41) is 21.1. The van der Waals surface area contributed by atoms with Crippen LogP contribution in [0, 0.1) is 52.3 Å². The van der Waals surface area contributed by atoms with Gasteiger partial charge < -0.3 is 69.2 Å². The number of aryl methyl sites for hydroxylation is 2. The number of carbonyl (C=O) groups is 10. The number of para-hydroxylation sites is 1. The second-order valence-corrected chi connectivity index (χ2v) is 40.7. The minimum absolute atomic E-state index is 0.0101. The van der Waals surface area contributed by atoms with Crippen LogP contribution in [0.15, 0.2) is 84.9 Å².